The van der Waals surface area contributed by atoms with Crippen molar-refractivity contribution in [3.63, 3.8) is 0 Å². The van der Waals surface area contributed by atoms with Gasteiger partial charge in [0.2, 0.25) is 11.9 Å². The molecule has 0 fully saturated rings. The minimum atomic E-state index is -4.53. The maximum Gasteiger partial charge on any atom is 0.435 e. The predicted octanol–water partition coefficient (Wildman–Crippen LogP) is 3.30. The molecule has 0 aliphatic rings. The van der Waals surface area contributed by atoms with Crippen molar-refractivity contribution in [2.24, 2.45) is 0 Å². The van der Waals surface area contributed by atoms with Gasteiger partial charge in [-0.05, 0) is 24.6 Å². The van der Waals surface area contributed by atoms with Gasteiger partial charge in [0.1, 0.15) is 6.54 Å². The number of carbonyl (C=O) groups is 1. The second kappa shape index (κ2) is 6.58. The number of hydrogen-bond donors (Lipinski definition) is 1. The number of para-hydroxylation sites is 2. The first kappa shape index (κ1) is 17.0. The van der Waals surface area contributed by atoms with Crippen LogP contribution >= 0.6 is 0 Å². The highest BCUT2D eigenvalue weighted by molar-refractivity contribution is 5.91. The number of halogens is 3. The van der Waals surface area contributed by atoms with Crippen LogP contribution in [0.4, 0.5) is 19.1 Å². The van der Waals surface area contributed by atoms with Crippen LogP contribution in [0, 0.1) is 0 Å². The lowest BCUT2D eigenvalue weighted by molar-refractivity contribution is -0.141. The van der Waals surface area contributed by atoms with Crippen LogP contribution in [0.3, 0.4) is 0 Å². The van der Waals surface area contributed by atoms with Gasteiger partial charge in [-0.3, -0.25) is 14.8 Å². The first-order chi connectivity index (χ1) is 11.9. The molecular weight excluding hydrogens is 335 g/mol. The molecular formula is C16H16F3N5O. The number of rotatable bonds is 5. The summed E-state index contributed by atoms with van der Waals surface area (Å²) in [5.41, 5.74) is 0.598. The molecule has 0 spiro atoms. The molecule has 0 aliphatic heterocycles. The van der Waals surface area contributed by atoms with Gasteiger partial charge in [0.25, 0.3) is 0 Å². The van der Waals surface area contributed by atoms with E-state index in [0.29, 0.717) is 12.5 Å². The summed E-state index contributed by atoms with van der Waals surface area (Å²) < 4.78 is 40.5. The molecule has 0 saturated carbocycles. The average Bonchev–Trinajstić information content (AvgIpc) is 3.13. The molecule has 0 atom stereocenters. The Morgan fingerprint density at radius 2 is 2.00 bits per heavy atom. The fraction of sp³-hybridized carbons (Fsp3) is 0.312. The zero-order chi connectivity index (χ0) is 18.0. The van der Waals surface area contributed by atoms with Crippen molar-refractivity contribution < 1.29 is 18.0 Å². The van der Waals surface area contributed by atoms with Gasteiger partial charge in [0.15, 0.2) is 5.69 Å². The number of nitrogens with one attached hydrogen (secondary N) is 1. The third-order valence-electron chi connectivity index (χ3n) is 3.59. The fourth-order valence-electron chi connectivity index (χ4n) is 2.53. The highest BCUT2D eigenvalue weighted by Gasteiger charge is 2.33. The van der Waals surface area contributed by atoms with E-state index in [1.165, 1.54) is 0 Å². The molecule has 0 bridgehead atoms. The number of aryl methyl sites for hydroxylation is 1. The Hall–Kier alpha value is -2.84. The number of nitrogens with zero attached hydrogens (tertiary/aromatic N) is 4. The van der Waals surface area contributed by atoms with E-state index < -0.39 is 17.8 Å². The van der Waals surface area contributed by atoms with Crippen LogP contribution < -0.4 is 5.32 Å². The third kappa shape index (κ3) is 3.65. The Kier molecular flexibility index (Phi) is 4.47. The summed E-state index contributed by atoms with van der Waals surface area (Å²) in [5.74, 6) is -0.124. The maximum atomic E-state index is 12.6. The molecule has 0 aliphatic carbocycles. The minimum absolute atomic E-state index is 0.328. The Morgan fingerprint density at radius 1 is 1.24 bits per heavy atom. The summed E-state index contributed by atoms with van der Waals surface area (Å²) in [5, 5.41) is 6.02. The highest BCUT2D eigenvalue weighted by Crippen LogP contribution is 2.27. The monoisotopic (exact) mass is 351 g/mol. The zero-order valence-corrected chi connectivity index (χ0v) is 13.4. The van der Waals surface area contributed by atoms with E-state index >= 15 is 0 Å². The molecule has 1 N–H and O–H groups in total. The van der Waals surface area contributed by atoms with E-state index in [2.05, 4.69) is 15.4 Å². The van der Waals surface area contributed by atoms with E-state index in [9.17, 15) is 18.0 Å². The molecule has 132 valence electrons. The Bertz CT molecular complexity index is 897. The molecule has 0 unspecified atom stereocenters. The van der Waals surface area contributed by atoms with Crippen molar-refractivity contribution in [3.8, 4) is 0 Å². The first-order valence-electron chi connectivity index (χ1n) is 7.74. The fourth-order valence-corrected chi connectivity index (χ4v) is 2.53. The van der Waals surface area contributed by atoms with Crippen LogP contribution in [0.2, 0.25) is 0 Å². The number of aromatic nitrogens is 4. The Balaban J connectivity index is 1.78. The number of anilines is 1. The lowest BCUT2D eigenvalue weighted by atomic mass is 10.3. The van der Waals surface area contributed by atoms with Crippen molar-refractivity contribution in [3.05, 3.63) is 42.2 Å². The Labute approximate surface area is 141 Å². The van der Waals surface area contributed by atoms with Crippen molar-refractivity contribution in [1.29, 1.82) is 0 Å². The first-order valence-corrected chi connectivity index (χ1v) is 7.74. The van der Waals surface area contributed by atoms with Gasteiger partial charge < -0.3 is 4.57 Å². The van der Waals surface area contributed by atoms with Gasteiger partial charge in [0, 0.05) is 12.7 Å². The smallest absolute Gasteiger partial charge is 0.310 e. The number of carbonyl (C=O) groups excluding carboxylic acids is 1. The van der Waals surface area contributed by atoms with Crippen LogP contribution in [0.1, 0.15) is 19.0 Å². The summed E-state index contributed by atoms with van der Waals surface area (Å²) in [6.45, 7) is 2.34. The highest BCUT2D eigenvalue weighted by atomic mass is 19.4. The standard InChI is InChI=1S/C16H16F3N5O/c1-2-8-24-12-6-4-3-5-11(12)20-15(24)21-14(25)10-23-9-7-13(22-23)16(17,18)19/h3-7,9H,2,8,10H2,1H3,(H,20,21,25). The molecule has 3 aromatic rings. The van der Waals surface area contributed by atoms with Gasteiger partial charge in [0.05, 0.1) is 11.0 Å². The van der Waals surface area contributed by atoms with Crippen molar-refractivity contribution in [2.45, 2.75) is 32.6 Å². The molecule has 2 heterocycles. The van der Waals surface area contributed by atoms with Gasteiger partial charge in [-0.2, -0.15) is 18.3 Å². The minimum Gasteiger partial charge on any atom is -0.310 e. The van der Waals surface area contributed by atoms with E-state index in [-0.39, 0.29) is 6.54 Å². The second-order valence-corrected chi connectivity index (χ2v) is 5.52. The molecule has 1 aromatic carbocycles. The number of benzene rings is 1. The lowest BCUT2D eigenvalue weighted by Gasteiger charge is -2.09. The van der Waals surface area contributed by atoms with Crippen LogP contribution in [-0.2, 0) is 24.1 Å². The quantitative estimate of drug-likeness (QED) is 0.767. The lowest BCUT2D eigenvalue weighted by Crippen LogP contribution is -2.22. The van der Waals surface area contributed by atoms with Crippen molar-refractivity contribution >= 4 is 22.9 Å². The summed E-state index contributed by atoms with van der Waals surface area (Å²) in [7, 11) is 0. The van der Waals surface area contributed by atoms with E-state index in [0.717, 1.165) is 34.4 Å². The zero-order valence-electron chi connectivity index (χ0n) is 13.4. The number of amides is 1. The predicted molar refractivity (Wildman–Crippen MR) is 85.9 cm³/mol. The van der Waals surface area contributed by atoms with Gasteiger partial charge in [-0.25, -0.2) is 4.98 Å². The molecule has 25 heavy (non-hydrogen) atoms. The normalized spacial score (nSPS) is 11.8. The van der Waals surface area contributed by atoms with Crippen molar-refractivity contribution in [2.75, 3.05) is 5.32 Å². The molecule has 2 aromatic heterocycles. The van der Waals surface area contributed by atoms with Gasteiger partial charge >= 0.3 is 6.18 Å². The van der Waals surface area contributed by atoms with Crippen molar-refractivity contribution in [1.82, 2.24) is 19.3 Å². The largest absolute Gasteiger partial charge is 0.435 e. The summed E-state index contributed by atoms with van der Waals surface area (Å²) >= 11 is 0. The summed E-state index contributed by atoms with van der Waals surface area (Å²) in [6, 6.07) is 8.29. The molecule has 0 radical (unpaired) electrons. The third-order valence-corrected chi connectivity index (χ3v) is 3.59. The topological polar surface area (TPSA) is 64.7 Å². The molecule has 3 rings (SSSR count). The number of alkyl halides is 3. The SMILES string of the molecule is CCCn1c(NC(=O)Cn2ccc(C(F)(F)F)n2)nc2ccccc21. The Morgan fingerprint density at radius 3 is 2.68 bits per heavy atom. The molecule has 6 nitrogen and oxygen atoms in total. The summed E-state index contributed by atoms with van der Waals surface area (Å²) in [6.07, 6.45) is -2.56. The molecule has 0 saturated heterocycles. The number of hydrogen-bond acceptors (Lipinski definition) is 3. The number of fused-ring (bicyclic) bond motifs is 1. The van der Waals surface area contributed by atoms with E-state index in [1.54, 1.807) is 0 Å². The summed E-state index contributed by atoms with van der Waals surface area (Å²) in [4.78, 5) is 16.5. The van der Waals surface area contributed by atoms with Gasteiger partial charge in [-0.15, -0.1) is 0 Å². The number of imidazole rings is 1. The van der Waals surface area contributed by atoms with Gasteiger partial charge in [-0.1, -0.05) is 19.1 Å². The molecule has 1 amide bonds. The average molecular weight is 351 g/mol. The van der Waals surface area contributed by atoms with E-state index in [1.807, 2.05) is 35.8 Å². The van der Waals surface area contributed by atoms with Crippen LogP contribution in [-0.4, -0.2) is 25.2 Å². The molecule has 9 heteroatoms. The van der Waals surface area contributed by atoms with Crippen LogP contribution in [0.15, 0.2) is 36.5 Å². The van der Waals surface area contributed by atoms with E-state index in [4.69, 9.17) is 0 Å². The van der Waals surface area contributed by atoms with Crippen LogP contribution in [0.5, 0.6) is 0 Å². The second-order valence-electron chi connectivity index (χ2n) is 5.52. The van der Waals surface area contributed by atoms with Crippen LogP contribution in [0.25, 0.3) is 11.0 Å². The maximum absolute atomic E-state index is 12.6.